The Morgan fingerprint density at radius 2 is 1.83 bits per heavy atom. The molecular weight excluding hydrogens is 224 g/mol. The SMILES string of the molecule is COCCCCN(c1ccc(CN)cc1)C(C)C. The first-order valence-electron chi connectivity index (χ1n) is 6.73. The third kappa shape index (κ3) is 4.67. The van der Waals surface area contributed by atoms with Crippen molar-refractivity contribution in [2.45, 2.75) is 39.3 Å². The number of nitrogens with two attached hydrogens (primary N) is 1. The van der Waals surface area contributed by atoms with Crippen LogP contribution in [-0.4, -0.2) is 26.3 Å². The monoisotopic (exact) mass is 250 g/mol. The van der Waals surface area contributed by atoms with Gasteiger partial charge in [-0.3, -0.25) is 0 Å². The van der Waals surface area contributed by atoms with E-state index in [4.69, 9.17) is 10.5 Å². The van der Waals surface area contributed by atoms with Crippen molar-refractivity contribution in [3.05, 3.63) is 29.8 Å². The summed E-state index contributed by atoms with van der Waals surface area (Å²) >= 11 is 0. The molecule has 18 heavy (non-hydrogen) atoms. The molecule has 0 amide bonds. The van der Waals surface area contributed by atoms with E-state index in [1.165, 1.54) is 11.3 Å². The predicted molar refractivity (Wildman–Crippen MR) is 77.9 cm³/mol. The second-order valence-electron chi connectivity index (χ2n) is 4.86. The Morgan fingerprint density at radius 3 is 2.33 bits per heavy atom. The fraction of sp³-hybridized carbons (Fsp3) is 0.600. The van der Waals surface area contributed by atoms with Crippen LogP contribution in [0.4, 0.5) is 5.69 Å². The minimum Gasteiger partial charge on any atom is -0.385 e. The summed E-state index contributed by atoms with van der Waals surface area (Å²) in [6.45, 7) is 6.98. The van der Waals surface area contributed by atoms with Crippen molar-refractivity contribution in [2.24, 2.45) is 5.73 Å². The molecule has 0 bridgehead atoms. The topological polar surface area (TPSA) is 38.5 Å². The van der Waals surface area contributed by atoms with Crippen molar-refractivity contribution in [2.75, 3.05) is 25.2 Å². The maximum atomic E-state index is 5.62. The second kappa shape index (κ2) is 8.11. The van der Waals surface area contributed by atoms with E-state index in [0.29, 0.717) is 12.6 Å². The Hall–Kier alpha value is -1.06. The highest BCUT2D eigenvalue weighted by Crippen LogP contribution is 2.18. The zero-order valence-electron chi connectivity index (χ0n) is 11.9. The van der Waals surface area contributed by atoms with Crippen LogP contribution in [0.1, 0.15) is 32.3 Å². The summed E-state index contributed by atoms with van der Waals surface area (Å²) in [4.78, 5) is 2.43. The Morgan fingerprint density at radius 1 is 1.17 bits per heavy atom. The lowest BCUT2D eigenvalue weighted by Crippen LogP contribution is -2.31. The molecule has 0 aliphatic carbocycles. The molecule has 1 aromatic carbocycles. The molecule has 0 fully saturated rings. The van der Waals surface area contributed by atoms with E-state index in [0.717, 1.165) is 26.0 Å². The van der Waals surface area contributed by atoms with Crippen LogP contribution in [0.25, 0.3) is 0 Å². The lowest BCUT2D eigenvalue weighted by atomic mass is 10.1. The molecule has 1 aromatic rings. The molecule has 0 aromatic heterocycles. The fourth-order valence-corrected chi connectivity index (χ4v) is 2.04. The number of anilines is 1. The van der Waals surface area contributed by atoms with Crippen LogP contribution in [0.3, 0.4) is 0 Å². The van der Waals surface area contributed by atoms with Gasteiger partial charge in [-0.2, -0.15) is 0 Å². The Balaban J connectivity index is 2.59. The first-order valence-corrected chi connectivity index (χ1v) is 6.73. The van der Waals surface area contributed by atoms with E-state index in [1.54, 1.807) is 7.11 Å². The number of rotatable bonds is 8. The summed E-state index contributed by atoms with van der Waals surface area (Å²) < 4.78 is 5.09. The summed E-state index contributed by atoms with van der Waals surface area (Å²) in [5.41, 5.74) is 8.08. The molecule has 2 N–H and O–H groups in total. The highest BCUT2D eigenvalue weighted by Gasteiger charge is 2.09. The Kier molecular flexibility index (Phi) is 6.76. The lowest BCUT2D eigenvalue weighted by Gasteiger charge is -2.29. The van der Waals surface area contributed by atoms with Crippen molar-refractivity contribution in [1.29, 1.82) is 0 Å². The number of hydrogen-bond acceptors (Lipinski definition) is 3. The quantitative estimate of drug-likeness (QED) is 0.721. The number of benzene rings is 1. The summed E-state index contributed by atoms with van der Waals surface area (Å²) in [5, 5.41) is 0. The van der Waals surface area contributed by atoms with Crippen LogP contribution >= 0.6 is 0 Å². The van der Waals surface area contributed by atoms with Gasteiger partial charge in [0.15, 0.2) is 0 Å². The zero-order valence-corrected chi connectivity index (χ0v) is 11.9. The Bertz CT molecular complexity index is 322. The molecule has 0 radical (unpaired) electrons. The zero-order chi connectivity index (χ0) is 13.4. The van der Waals surface area contributed by atoms with Gasteiger partial charge in [-0.15, -0.1) is 0 Å². The normalized spacial score (nSPS) is 10.9. The number of ether oxygens (including phenoxy) is 1. The Labute approximate surface area is 111 Å². The minimum atomic E-state index is 0.510. The van der Waals surface area contributed by atoms with Gasteiger partial charge in [0, 0.05) is 38.5 Å². The highest BCUT2D eigenvalue weighted by atomic mass is 16.5. The first kappa shape index (κ1) is 15.0. The van der Waals surface area contributed by atoms with Crippen LogP contribution in [-0.2, 0) is 11.3 Å². The van der Waals surface area contributed by atoms with E-state index in [1.807, 2.05) is 0 Å². The van der Waals surface area contributed by atoms with Crippen molar-refractivity contribution in [1.82, 2.24) is 0 Å². The van der Waals surface area contributed by atoms with Gasteiger partial charge in [-0.05, 0) is 44.4 Å². The summed E-state index contributed by atoms with van der Waals surface area (Å²) in [6, 6.07) is 9.06. The summed E-state index contributed by atoms with van der Waals surface area (Å²) in [5.74, 6) is 0. The molecule has 3 heteroatoms. The van der Waals surface area contributed by atoms with Gasteiger partial charge in [0.1, 0.15) is 0 Å². The van der Waals surface area contributed by atoms with Gasteiger partial charge >= 0.3 is 0 Å². The fourth-order valence-electron chi connectivity index (χ4n) is 2.04. The van der Waals surface area contributed by atoms with Crippen LogP contribution in [0.2, 0.25) is 0 Å². The van der Waals surface area contributed by atoms with Gasteiger partial charge in [-0.25, -0.2) is 0 Å². The molecule has 0 aliphatic rings. The number of unbranched alkanes of at least 4 members (excludes halogenated alkanes) is 1. The first-order chi connectivity index (χ1) is 8.69. The highest BCUT2D eigenvalue weighted by molar-refractivity contribution is 5.48. The van der Waals surface area contributed by atoms with E-state index < -0.39 is 0 Å². The van der Waals surface area contributed by atoms with Gasteiger partial charge in [-0.1, -0.05) is 12.1 Å². The third-order valence-electron chi connectivity index (χ3n) is 3.12. The summed E-state index contributed by atoms with van der Waals surface area (Å²) in [6.07, 6.45) is 2.27. The molecule has 0 atom stereocenters. The van der Waals surface area contributed by atoms with Gasteiger partial charge in [0.25, 0.3) is 0 Å². The van der Waals surface area contributed by atoms with Gasteiger partial charge in [0.05, 0.1) is 0 Å². The lowest BCUT2D eigenvalue weighted by molar-refractivity contribution is 0.193. The summed E-state index contributed by atoms with van der Waals surface area (Å²) in [7, 11) is 1.76. The third-order valence-corrected chi connectivity index (χ3v) is 3.12. The van der Waals surface area contributed by atoms with Crippen LogP contribution in [0.15, 0.2) is 24.3 Å². The maximum absolute atomic E-state index is 5.62. The molecule has 0 saturated carbocycles. The number of hydrogen-bond donors (Lipinski definition) is 1. The molecule has 0 spiro atoms. The molecule has 0 unspecified atom stereocenters. The van der Waals surface area contributed by atoms with Gasteiger partial charge in [0.2, 0.25) is 0 Å². The maximum Gasteiger partial charge on any atom is 0.0462 e. The van der Waals surface area contributed by atoms with E-state index >= 15 is 0 Å². The molecule has 0 heterocycles. The standard InChI is InChI=1S/C15H26N2O/c1-13(2)17(10-4-5-11-18-3)15-8-6-14(12-16)7-9-15/h6-9,13H,4-5,10-12,16H2,1-3H3. The average Bonchev–Trinajstić information content (AvgIpc) is 2.39. The van der Waals surface area contributed by atoms with Crippen LogP contribution in [0.5, 0.6) is 0 Å². The molecule has 1 rings (SSSR count). The van der Waals surface area contributed by atoms with E-state index in [2.05, 4.69) is 43.0 Å². The van der Waals surface area contributed by atoms with E-state index in [9.17, 15) is 0 Å². The van der Waals surface area contributed by atoms with Crippen LogP contribution < -0.4 is 10.6 Å². The number of nitrogens with zero attached hydrogens (tertiary/aromatic N) is 1. The van der Waals surface area contributed by atoms with Crippen molar-refractivity contribution >= 4 is 5.69 Å². The molecule has 0 saturated heterocycles. The van der Waals surface area contributed by atoms with Crippen molar-refractivity contribution in [3.8, 4) is 0 Å². The smallest absolute Gasteiger partial charge is 0.0462 e. The predicted octanol–water partition coefficient (Wildman–Crippen LogP) is 2.79. The van der Waals surface area contributed by atoms with Gasteiger partial charge < -0.3 is 15.4 Å². The van der Waals surface area contributed by atoms with Crippen LogP contribution in [0, 0.1) is 0 Å². The molecule has 3 nitrogen and oxygen atoms in total. The number of methoxy groups -OCH3 is 1. The molecular formula is C15H26N2O. The second-order valence-corrected chi connectivity index (χ2v) is 4.86. The molecule has 102 valence electrons. The van der Waals surface area contributed by atoms with Crippen molar-refractivity contribution < 1.29 is 4.74 Å². The minimum absolute atomic E-state index is 0.510. The molecule has 0 aliphatic heterocycles. The van der Waals surface area contributed by atoms with Crippen molar-refractivity contribution in [3.63, 3.8) is 0 Å². The van der Waals surface area contributed by atoms with E-state index in [-0.39, 0.29) is 0 Å². The largest absolute Gasteiger partial charge is 0.385 e. The average molecular weight is 250 g/mol.